The Kier molecular flexibility index (Phi) is 3.88. The van der Waals surface area contributed by atoms with E-state index in [1.54, 1.807) is 11.8 Å². The minimum absolute atomic E-state index is 0.591. The van der Waals surface area contributed by atoms with E-state index in [0.29, 0.717) is 5.75 Å². The number of thioether (sulfide) groups is 1. The molecule has 0 heterocycles. The number of carbonyl (C=O) groups excluding carboxylic acids is 1. The van der Waals surface area contributed by atoms with Crippen LogP contribution in [0, 0.1) is 6.92 Å². The fraction of sp³-hybridized carbons (Fsp3) is 0.300. The van der Waals surface area contributed by atoms with Gasteiger partial charge >= 0.3 is 0 Å². The summed E-state index contributed by atoms with van der Waals surface area (Å²) in [5, 5.41) is 0. The summed E-state index contributed by atoms with van der Waals surface area (Å²) >= 11 is 1.64. The van der Waals surface area contributed by atoms with Gasteiger partial charge in [0.25, 0.3) is 0 Å². The number of hydrogen-bond acceptors (Lipinski definition) is 2. The molecule has 0 aromatic heterocycles. The third-order valence-corrected chi connectivity index (χ3v) is 2.48. The smallest absolute Gasteiger partial charge is 0.129 e. The van der Waals surface area contributed by atoms with Crippen LogP contribution >= 0.6 is 11.8 Å². The maximum absolute atomic E-state index is 10.0. The van der Waals surface area contributed by atoms with Crippen molar-refractivity contribution in [3.05, 3.63) is 35.4 Å². The van der Waals surface area contributed by atoms with Gasteiger partial charge in [-0.15, -0.1) is 11.8 Å². The molecule has 64 valence electrons. The molecule has 0 N–H and O–H groups in total. The summed E-state index contributed by atoms with van der Waals surface area (Å²) in [5.74, 6) is 1.52. The van der Waals surface area contributed by atoms with E-state index in [2.05, 4.69) is 31.2 Å². The number of hydrogen-bond donors (Lipinski definition) is 0. The van der Waals surface area contributed by atoms with Gasteiger partial charge in [0.15, 0.2) is 0 Å². The lowest BCUT2D eigenvalue weighted by Gasteiger charge is -1.98. The van der Waals surface area contributed by atoms with E-state index < -0.39 is 0 Å². The monoisotopic (exact) mass is 180 g/mol. The minimum atomic E-state index is 0.591. The standard InChI is InChI=1S/C10H12OS/c1-9-2-4-10(5-3-9)8-12-7-6-11/h2-6H,7-8H2,1H3. The van der Waals surface area contributed by atoms with Gasteiger partial charge in [0.05, 0.1) is 0 Å². The molecule has 1 aromatic rings. The zero-order chi connectivity index (χ0) is 8.81. The van der Waals surface area contributed by atoms with E-state index in [9.17, 15) is 4.79 Å². The zero-order valence-corrected chi connectivity index (χ0v) is 7.93. The molecular weight excluding hydrogens is 168 g/mol. The van der Waals surface area contributed by atoms with E-state index in [1.165, 1.54) is 11.1 Å². The molecule has 0 aliphatic heterocycles. The van der Waals surface area contributed by atoms with Crippen molar-refractivity contribution in [1.82, 2.24) is 0 Å². The van der Waals surface area contributed by atoms with Gasteiger partial charge in [-0.1, -0.05) is 29.8 Å². The fourth-order valence-electron chi connectivity index (χ4n) is 0.909. The SMILES string of the molecule is Cc1ccc(CSCC=O)cc1. The molecule has 0 saturated heterocycles. The summed E-state index contributed by atoms with van der Waals surface area (Å²) in [5.41, 5.74) is 2.56. The molecule has 0 spiro atoms. The molecule has 0 atom stereocenters. The Morgan fingerprint density at radius 2 is 2.00 bits per heavy atom. The first-order valence-corrected chi connectivity index (χ1v) is 5.05. The van der Waals surface area contributed by atoms with E-state index >= 15 is 0 Å². The number of benzene rings is 1. The zero-order valence-electron chi connectivity index (χ0n) is 7.12. The van der Waals surface area contributed by atoms with Crippen LogP contribution < -0.4 is 0 Å². The van der Waals surface area contributed by atoms with Gasteiger partial charge in [0, 0.05) is 11.5 Å². The molecule has 1 aromatic carbocycles. The molecule has 1 rings (SSSR count). The minimum Gasteiger partial charge on any atom is -0.302 e. The highest BCUT2D eigenvalue weighted by atomic mass is 32.2. The first kappa shape index (κ1) is 9.33. The first-order valence-electron chi connectivity index (χ1n) is 3.90. The Labute approximate surface area is 77.2 Å². The Balaban J connectivity index is 2.42. The predicted molar refractivity (Wildman–Crippen MR) is 53.4 cm³/mol. The molecule has 0 aliphatic rings. The van der Waals surface area contributed by atoms with E-state index in [0.717, 1.165) is 12.0 Å². The van der Waals surface area contributed by atoms with Crippen molar-refractivity contribution in [3.63, 3.8) is 0 Å². The largest absolute Gasteiger partial charge is 0.302 e. The molecule has 1 nitrogen and oxygen atoms in total. The molecule has 0 radical (unpaired) electrons. The normalized spacial score (nSPS) is 9.75. The number of aryl methyl sites for hydroxylation is 1. The lowest BCUT2D eigenvalue weighted by Crippen LogP contribution is -1.83. The van der Waals surface area contributed by atoms with Crippen LogP contribution in [-0.2, 0) is 10.5 Å². The van der Waals surface area contributed by atoms with Crippen LogP contribution in [0.15, 0.2) is 24.3 Å². The van der Waals surface area contributed by atoms with Gasteiger partial charge in [0.2, 0.25) is 0 Å². The average molecular weight is 180 g/mol. The van der Waals surface area contributed by atoms with Crippen LogP contribution in [-0.4, -0.2) is 12.0 Å². The molecule has 2 heteroatoms. The maximum Gasteiger partial charge on any atom is 0.129 e. The Hall–Kier alpha value is -0.760. The number of rotatable bonds is 4. The van der Waals surface area contributed by atoms with Crippen molar-refractivity contribution in [1.29, 1.82) is 0 Å². The van der Waals surface area contributed by atoms with Crippen molar-refractivity contribution in [2.45, 2.75) is 12.7 Å². The van der Waals surface area contributed by atoms with Crippen molar-refractivity contribution in [3.8, 4) is 0 Å². The van der Waals surface area contributed by atoms with Gasteiger partial charge in [-0.25, -0.2) is 0 Å². The van der Waals surface area contributed by atoms with Gasteiger partial charge in [-0.05, 0) is 12.5 Å². The van der Waals surface area contributed by atoms with Crippen molar-refractivity contribution >= 4 is 18.0 Å². The van der Waals surface area contributed by atoms with Crippen LogP contribution in [0.4, 0.5) is 0 Å². The van der Waals surface area contributed by atoms with Gasteiger partial charge in [0.1, 0.15) is 6.29 Å². The third-order valence-electron chi connectivity index (χ3n) is 1.58. The van der Waals surface area contributed by atoms with Gasteiger partial charge in [-0.2, -0.15) is 0 Å². The first-order chi connectivity index (χ1) is 5.83. The Bertz CT molecular complexity index is 241. The summed E-state index contributed by atoms with van der Waals surface area (Å²) in [6.45, 7) is 2.07. The maximum atomic E-state index is 10.0. The van der Waals surface area contributed by atoms with Gasteiger partial charge < -0.3 is 4.79 Å². The molecule has 0 unspecified atom stereocenters. The van der Waals surface area contributed by atoms with Gasteiger partial charge in [-0.3, -0.25) is 0 Å². The summed E-state index contributed by atoms with van der Waals surface area (Å²) in [6, 6.07) is 8.40. The molecule has 12 heavy (non-hydrogen) atoms. The van der Waals surface area contributed by atoms with Crippen LogP contribution in [0.3, 0.4) is 0 Å². The summed E-state index contributed by atoms with van der Waals surface area (Å²) < 4.78 is 0. The molecule has 0 saturated carbocycles. The summed E-state index contributed by atoms with van der Waals surface area (Å²) in [6.07, 6.45) is 0.943. The van der Waals surface area contributed by atoms with Crippen LogP contribution in [0.25, 0.3) is 0 Å². The Morgan fingerprint density at radius 1 is 1.33 bits per heavy atom. The highest BCUT2D eigenvalue weighted by molar-refractivity contribution is 7.99. The van der Waals surface area contributed by atoms with Crippen LogP contribution in [0.5, 0.6) is 0 Å². The summed E-state index contributed by atoms with van der Waals surface area (Å²) in [4.78, 5) is 10.0. The van der Waals surface area contributed by atoms with Crippen molar-refractivity contribution in [2.75, 3.05) is 5.75 Å². The van der Waals surface area contributed by atoms with Crippen LogP contribution in [0.1, 0.15) is 11.1 Å². The van der Waals surface area contributed by atoms with E-state index in [-0.39, 0.29) is 0 Å². The third kappa shape index (κ3) is 3.09. The van der Waals surface area contributed by atoms with Crippen molar-refractivity contribution < 1.29 is 4.79 Å². The average Bonchev–Trinajstić information content (AvgIpc) is 2.09. The fourth-order valence-corrected chi connectivity index (χ4v) is 1.55. The van der Waals surface area contributed by atoms with E-state index in [4.69, 9.17) is 0 Å². The quantitative estimate of drug-likeness (QED) is 0.523. The molecule has 0 bridgehead atoms. The number of carbonyl (C=O) groups is 1. The second-order valence-corrected chi connectivity index (χ2v) is 3.70. The predicted octanol–water partition coefficient (Wildman–Crippen LogP) is 2.43. The second kappa shape index (κ2) is 4.99. The highest BCUT2D eigenvalue weighted by Gasteiger charge is 1.91. The molecule has 0 aliphatic carbocycles. The summed E-state index contributed by atoms with van der Waals surface area (Å²) in [7, 11) is 0. The lowest BCUT2D eigenvalue weighted by molar-refractivity contribution is -0.105. The second-order valence-electron chi connectivity index (χ2n) is 2.67. The lowest BCUT2D eigenvalue weighted by atomic mass is 10.2. The topological polar surface area (TPSA) is 17.1 Å². The molecule has 0 amide bonds. The van der Waals surface area contributed by atoms with E-state index in [1.807, 2.05) is 0 Å². The van der Waals surface area contributed by atoms with Crippen molar-refractivity contribution in [2.24, 2.45) is 0 Å². The molecular formula is C10H12OS. The molecule has 0 fully saturated rings. The Morgan fingerprint density at radius 3 is 2.58 bits per heavy atom. The van der Waals surface area contributed by atoms with Crippen LogP contribution in [0.2, 0.25) is 0 Å². The number of aldehydes is 1. The highest BCUT2D eigenvalue weighted by Crippen LogP contribution is 2.11.